The Balaban J connectivity index is 2.82. The lowest BCUT2D eigenvalue weighted by atomic mass is 10.1. The Morgan fingerprint density at radius 1 is 1.35 bits per heavy atom. The number of urea groups is 1. The molecule has 0 aliphatic rings. The summed E-state index contributed by atoms with van der Waals surface area (Å²) >= 11 is 0. The van der Waals surface area contributed by atoms with E-state index >= 15 is 0 Å². The van der Waals surface area contributed by atoms with Crippen molar-refractivity contribution in [1.29, 1.82) is 0 Å². The predicted molar refractivity (Wildman–Crippen MR) is 67.2 cm³/mol. The molecule has 0 aliphatic carbocycles. The van der Waals surface area contributed by atoms with Gasteiger partial charge in [0.1, 0.15) is 0 Å². The zero-order chi connectivity index (χ0) is 12.8. The van der Waals surface area contributed by atoms with E-state index in [0.29, 0.717) is 0 Å². The normalized spacial score (nSPS) is 9.53. The minimum absolute atomic E-state index is 0.270. The van der Waals surface area contributed by atoms with Crippen LogP contribution in [0.1, 0.15) is 18.1 Å². The molecule has 4 heteroatoms. The first-order chi connectivity index (χ1) is 8.08. The number of benzene rings is 1. The van der Waals surface area contributed by atoms with Crippen LogP contribution in [0.25, 0.3) is 6.08 Å². The second-order valence-electron chi connectivity index (χ2n) is 3.61. The smallest absolute Gasteiger partial charge is 0.324 e. The van der Waals surface area contributed by atoms with E-state index in [1.807, 2.05) is 24.3 Å². The van der Waals surface area contributed by atoms with Crippen LogP contribution < -0.4 is 5.32 Å². The molecule has 0 saturated carbocycles. The van der Waals surface area contributed by atoms with Crippen molar-refractivity contribution in [3.63, 3.8) is 0 Å². The van der Waals surface area contributed by atoms with Gasteiger partial charge in [-0.25, -0.2) is 4.79 Å². The van der Waals surface area contributed by atoms with Gasteiger partial charge in [0.15, 0.2) is 0 Å². The maximum Gasteiger partial charge on any atom is 0.324 e. The van der Waals surface area contributed by atoms with Crippen molar-refractivity contribution in [2.75, 3.05) is 7.05 Å². The van der Waals surface area contributed by atoms with E-state index in [9.17, 15) is 9.59 Å². The van der Waals surface area contributed by atoms with Crippen molar-refractivity contribution < 1.29 is 9.59 Å². The molecular formula is C13H16N2O2. The first-order valence-electron chi connectivity index (χ1n) is 5.29. The second kappa shape index (κ2) is 5.84. The highest BCUT2D eigenvalue weighted by Crippen LogP contribution is 2.08. The lowest BCUT2D eigenvalue weighted by Crippen LogP contribution is -2.40. The second-order valence-corrected chi connectivity index (χ2v) is 3.61. The van der Waals surface area contributed by atoms with Crippen LogP contribution >= 0.6 is 0 Å². The average molecular weight is 232 g/mol. The van der Waals surface area contributed by atoms with Gasteiger partial charge in [-0.05, 0) is 11.1 Å². The van der Waals surface area contributed by atoms with Crippen molar-refractivity contribution in [3.8, 4) is 0 Å². The SMILES string of the molecule is C=Cc1ccc(CN(C(C)=O)C(=O)NC)cc1. The zero-order valence-electron chi connectivity index (χ0n) is 10.1. The van der Waals surface area contributed by atoms with Gasteiger partial charge in [0.25, 0.3) is 0 Å². The van der Waals surface area contributed by atoms with Gasteiger partial charge in [-0.15, -0.1) is 0 Å². The summed E-state index contributed by atoms with van der Waals surface area (Å²) in [7, 11) is 1.50. The first kappa shape index (κ1) is 13.0. The third-order valence-electron chi connectivity index (χ3n) is 2.40. The number of hydrogen-bond donors (Lipinski definition) is 1. The quantitative estimate of drug-likeness (QED) is 0.866. The molecule has 0 bridgehead atoms. The molecule has 17 heavy (non-hydrogen) atoms. The highest BCUT2D eigenvalue weighted by molar-refractivity contribution is 5.93. The minimum atomic E-state index is -0.398. The highest BCUT2D eigenvalue weighted by Gasteiger charge is 2.16. The standard InChI is InChI=1S/C13H16N2O2/c1-4-11-5-7-12(8-6-11)9-15(10(2)16)13(17)14-3/h4-8H,1,9H2,2-3H3,(H,14,17). The number of carbonyl (C=O) groups is 2. The molecule has 1 rings (SSSR count). The lowest BCUT2D eigenvalue weighted by Gasteiger charge is -2.18. The van der Waals surface area contributed by atoms with Crippen molar-refractivity contribution >= 4 is 18.0 Å². The molecule has 0 unspecified atom stereocenters. The summed E-state index contributed by atoms with van der Waals surface area (Å²) in [5.41, 5.74) is 1.90. The van der Waals surface area contributed by atoms with Gasteiger partial charge in [-0.1, -0.05) is 36.9 Å². The van der Waals surface area contributed by atoms with Gasteiger partial charge in [-0.3, -0.25) is 9.69 Å². The van der Waals surface area contributed by atoms with Gasteiger partial charge in [0, 0.05) is 14.0 Å². The van der Waals surface area contributed by atoms with Crippen LogP contribution in [-0.2, 0) is 11.3 Å². The summed E-state index contributed by atoms with van der Waals surface area (Å²) in [4.78, 5) is 23.9. The number of rotatable bonds is 3. The van der Waals surface area contributed by atoms with E-state index in [-0.39, 0.29) is 12.5 Å². The Morgan fingerprint density at radius 2 is 1.94 bits per heavy atom. The lowest BCUT2D eigenvalue weighted by molar-refractivity contribution is -0.126. The van der Waals surface area contributed by atoms with E-state index in [2.05, 4.69) is 11.9 Å². The van der Waals surface area contributed by atoms with Crippen molar-refractivity contribution in [3.05, 3.63) is 42.0 Å². The maximum atomic E-state index is 11.5. The summed E-state index contributed by atoms with van der Waals surface area (Å²) in [6, 6.07) is 7.13. The number of amides is 3. The molecule has 0 heterocycles. The molecule has 0 fully saturated rings. The van der Waals surface area contributed by atoms with Crippen molar-refractivity contribution in [2.24, 2.45) is 0 Å². The van der Waals surface area contributed by atoms with Crippen LogP contribution in [0.2, 0.25) is 0 Å². The highest BCUT2D eigenvalue weighted by atomic mass is 16.2. The monoisotopic (exact) mass is 232 g/mol. The molecule has 1 aromatic rings. The summed E-state index contributed by atoms with van der Waals surface area (Å²) in [5, 5.41) is 2.44. The van der Waals surface area contributed by atoms with Crippen molar-refractivity contribution in [1.82, 2.24) is 10.2 Å². The van der Waals surface area contributed by atoms with E-state index in [1.165, 1.54) is 14.0 Å². The van der Waals surface area contributed by atoms with Gasteiger partial charge in [-0.2, -0.15) is 0 Å². The third kappa shape index (κ3) is 3.45. The van der Waals surface area contributed by atoms with Crippen LogP contribution in [0.4, 0.5) is 4.79 Å². The number of nitrogens with one attached hydrogen (secondary N) is 1. The fourth-order valence-electron chi connectivity index (χ4n) is 1.40. The Labute approximate surface area is 101 Å². The van der Waals surface area contributed by atoms with Crippen molar-refractivity contribution in [2.45, 2.75) is 13.5 Å². The predicted octanol–water partition coefficient (Wildman–Crippen LogP) is 2.02. The van der Waals surface area contributed by atoms with Gasteiger partial charge in [0.2, 0.25) is 5.91 Å². The number of imide groups is 1. The molecule has 0 radical (unpaired) electrons. The molecule has 0 spiro atoms. The number of nitrogens with zero attached hydrogens (tertiary/aromatic N) is 1. The minimum Gasteiger partial charge on any atom is -0.341 e. The van der Waals surface area contributed by atoms with E-state index in [0.717, 1.165) is 16.0 Å². The fraction of sp³-hybridized carbons (Fsp3) is 0.231. The molecule has 0 aromatic heterocycles. The summed E-state index contributed by atoms with van der Waals surface area (Å²) in [6.45, 7) is 5.30. The molecule has 3 amide bonds. The molecule has 0 atom stereocenters. The van der Waals surface area contributed by atoms with Crippen LogP contribution in [0, 0.1) is 0 Å². The van der Waals surface area contributed by atoms with E-state index in [1.54, 1.807) is 6.08 Å². The number of hydrogen-bond acceptors (Lipinski definition) is 2. The molecule has 1 aromatic carbocycles. The fourth-order valence-corrected chi connectivity index (χ4v) is 1.40. The summed E-state index contributed by atoms with van der Waals surface area (Å²) in [6.07, 6.45) is 1.74. The molecule has 4 nitrogen and oxygen atoms in total. The Bertz CT molecular complexity index is 424. The van der Waals surface area contributed by atoms with E-state index in [4.69, 9.17) is 0 Å². The Morgan fingerprint density at radius 3 is 2.35 bits per heavy atom. The van der Waals surface area contributed by atoms with Crippen LogP contribution in [0.15, 0.2) is 30.8 Å². The number of carbonyl (C=O) groups excluding carboxylic acids is 2. The molecule has 0 saturated heterocycles. The van der Waals surface area contributed by atoms with E-state index < -0.39 is 6.03 Å². The van der Waals surface area contributed by atoms with Crippen LogP contribution in [0.3, 0.4) is 0 Å². The largest absolute Gasteiger partial charge is 0.341 e. The summed E-state index contributed by atoms with van der Waals surface area (Å²) < 4.78 is 0. The van der Waals surface area contributed by atoms with Gasteiger partial charge >= 0.3 is 6.03 Å². The topological polar surface area (TPSA) is 49.4 Å². The molecule has 0 aliphatic heterocycles. The molecule has 90 valence electrons. The maximum absolute atomic E-state index is 11.5. The Hall–Kier alpha value is -2.10. The third-order valence-corrected chi connectivity index (χ3v) is 2.40. The first-order valence-corrected chi connectivity index (χ1v) is 5.29. The molecule has 1 N–H and O–H groups in total. The Kier molecular flexibility index (Phi) is 4.46. The zero-order valence-corrected chi connectivity index (χ0v) is 10.1. The van der Waals surface area contributed by atoms with Crippen LogP contribution in [0.5, 0.6) is 0 Å². The molecular weight excluding hydrogens is 216 g/mol. The summed E-state index contributed by atoms with van der Waals surface area (Å²) in [5.74, 6) is -0.280. The van der Waals surface area contributed by atoms with Gasteiger partial charge < -0.3 is 5.32 Å². The van der Waals surface area contributed by atoms with Crippen LogP contribution in [-0.4, -0.2) is 23.9 Å². The van der Waals surface area contributed by atoms with Gasteiger partial charge in [0.05, 0.1) is 6.54 Å². The average Bonchev–Trinajstić information content (AvgIpc) is 2.35.